The monoisotopic (exact) mass is 398 g/mol. The lowest BCUT2D eigenvalue weighted by atomic mass is 9.63. The maximum atomic E-state index is 4.60. The molecule has 0 saturated heterocycles. The molecule has 1 aliphatic carbocycles. The summed E-state index contributed by atoms with van der Waals surface area (Å²) >= 11 is 0. The average Bonchev–Trinajstić information content (AvgIpc) is 3.12. The number of rotatable bonds is 5. The van der Waals surface area contributed by atoms with Gasteiger partial charge in [0, 0.05) is 34.3 Å². The van der Waals surface area contributed by atoms with E-state index in [1.54, 1.807) is 0 Å². The Morgan fingerprint density at radius 2 is 1.83 bits per heavy atom. The summed E-state index contributed by atoms with van der Waals surface area (Å²) in [4.78, 5) is 8.28. The number of aryl methyl sites for hydroxylation is 1. The van der Waals surface area contributed by atoms with E-state index in [0.717, 1.165) is 5.69 Å². The van der Waals surface area contributed by atoms with Gasteiger partial charge in [0.2, 0.25) is 0 Å². The highest BCUT2D eigenvalue weighted by atomic mass is 14.7. The van der Waals surface area contributed by atoms with Crippen molar-refractivity contribution in [2.45, 2.75) is 71.1 Å². The van der Waals surface area contributed by atoms with Crippen molar-refractivity contribution in [3.8, 4) is 22.4 Å². The van der Waals surface area contributed by atoms with Crippen LogP contribution >= 0.6 is 0 Å². The van der Waals surface area contributed by atoms with Crippen LogP contribution in [0.5, 0.6) is 0 Å². The molecule has 0 aliphatic heterocycles. The first kappa shape index (κ1) is 20.7. The molecule has 1 aromatic carbocycles. The summed E-state index contributed by atoms with van der Waals surface area (Å²) in [5, 5.41) is 0. The highest BCUT2D eigenvalue weighted by molar-refractivity contribution is 5.76. The third-order valence-electron chi connectivity index (χ3n) is 7.00. The summed E-state index contributed by atoms with van der Waals surface area (Å²) in [5.74, 6) is 0. The molecule has 0 bridgehead atoms. The van der Waals surface area contributed by atoms with Gasteiger partial charge in [0.15, 0.2) is 0 Å². The van der Waals surface area contributed by atoms with Crippen LogP contribution in [0.3, 0.4) is 0 Å². The third kappa shape index (κ3) is 3.53. The van der Waals surface area contributed by atoms with Crippen molar-refractivity contribution in [3.05, 3.63) is 71.7 Å². The van der Waals surface area contributed by atoms with E-state index in [2.05, 4.69) is 87.6 Å². The number of benzene rings is 1. The quantitative estimate of drug-likeness (QED) is 0.466. The molecule has 1 N–H and O–H groups in total. The van der Waals surface area contributed by atoms with Crippen LogP contribution in [-0.2, 0) is 10.8 Å². The number of aromatic nitrogens is 2. The van der Waals surface area contributed by atoms with Gasteiger partial charge in [-0.1, -0.05) is 52.8 Å². The van der Waals surface area contributed by atoms with Crippen LogP contribution in [0.25, 0.3) is 28.5 Å². The second-order valence-electron chi connectivity index (χ2n) is 9.91. The first-order valence-electron chi connectivity index (χ1n) is 11.2. The van der Waals surface area contributed by atoms with Gasteiger partial charge in [0.25, 0.3) is 0 Å². The van der Waals surface area contributed by atoms with Gasteiger partial charge in [-0.2, -0.15) is 0 Å². The number of aromatic amines is 1. The van der Waals surface area contributed by atoms with Gasteiger partial charge in [-0.05, 0) is 84.2 Å². The normalized spacial score (nSPS) is 15.6. The van der Waals surface area contributed by atoms with Crippen LogP contribution in [0.1, 0.15) is 75.9 Å². The molecule has 2 aromatic heterocycles. The van der Waals surface area contributed by atoms with E-state index in [0.29, 0.717) is 5.41 Å². The molecule has 0 spiro atoms. The first-order valence-corrected chi connectivity index (χ1v) is 11.2. The lowest BCUT2D eigenvalue weighted by molar-refractivity contribution is 0.235. The van der Waals surface area contributed by atoms with Crippen molar-refractivity contribution in [3.63, 3.8) is 0 Å². The maximum absolute atomic E-state index is 4.60. The minimum atomic E-state index is 0.0357. The largest absolute Gasteiger partial charge is 0.355 e. The smallest absolute Gasteiger partial charge is 0.0464 e. The highest BCUT2D eigenvalue weighted by Crippen LogP contribution is 2.49. The minimum absolute atomic E-state index is 0.0357. The van der Waals surface area contributed by atoms with Crippen LogP contribution in [-0.4, -0.2) is 9.97 Å². The van der Waals surface area contributed by atoms with Crippen LogP contribution in [0, 0.1) is 6.92 Å². The van der Waals surface area contributed by atoms with Gasteiger partial charge in [0.05, 0.1) is 0 Å². The summed E-state index contributed by atoms with van der Waals surface area (Å²) in [6.45, 7) is 15.2. The molecule has 0 unspecified atom stereocenters. The van der Waals surface area contributed by atoms with Gasteiger partial charge >= 0.3 is 0 Å². The zero-order chi connectivity index (χ0) is 21.5. The van der Waals surface area contributed by atoms with Gasteiger partial charge in [-0.25, -0.2) is 0 Å². The standard InChI is InChI=1S/C28H34N2/c1-7-24-23(28(8-2)13-9-14-28)18-25(30-24)22-16-20(11-10-19(22)3)21-12-15-29-26(17-21)27(4,5)6/h7,10-12,15-18,30H,1,8-9,13-14H2,2-6H3. The fourth-order valence-corrected chi connectivity index (χ4v) is 4.74. The van der Waals surface area contributed by atoms with Gasteiger partial charge < -0.3 is 4.98 Å². The summed E-state index contributed by atoms with van der Waals surface area (Å²) < 4.78 is 0. The van der Waals surface area contributed by atoms with Crippen LogP contribution in [0.15, 0.2) is 49.2 Å². The Hall–Kier alpha value is -2.61. The number of nitrogens with one attached hydrogen (secondary N) is 1. The van der Waals surface area contributed by atoms with Crippen LogP contribution in [0.2, 0.25) is 0 Å². The summed E-state index contributed by atoms with van der Waals surface area (Å²) in [5.41, 5.74) is 10.3. The zero-order valence-electron chi connectivity index (χ0n) is 19.1. The van der Waals surface area contributed by atoms with E-state index in [9.17, 15) is 0 Å². The van der Waals surface area contributed by atoms with E-state index in [-0.39, 0.29) is 5.41 Å². The lowest BCUT2D eigenvalue weighted by Gasteiger charge is -2.41. The number of hydrogen-bond acceptors (Lipinski definition) is 1. The van der Waals surface area contributed by atoms with Gasteiger partial charge in [-0.15, -0.1) is 0 Å². The molecule has 1 fully saturated rings. The van der Waals surface area contributed by atoms with Gasteiger partial charge in [0.1, 0.15) is 0 Å². The molecule has 2 heterocycles. The summed E-state index contributed by atoms with van der Waals surface area (Å²) in [6.07, 6.45) is 9.01. The average molecular weight is 399 g/mol. The molecule has 2 heteroatoms. The van der Waals surface area contributed by atoms with Crippen molar-refractivity contribution in [2.24, 2.45) is 0 Å². The van der Waals surface area contributed by atoms with Crippen molar-refractivity contribution < 1.29 is 0 Å². The molecule has 156 valence electrons. The van der Waals surface area contributed by atoms with Crippen LogP contribution < -0.4 is 0 Å². The van der Waals surface area contributed by atoms with E-state index in [1.165, 1.54) is 64.9 Å². The fraction of sp³-hybridized carbons (Fsp3) is 0.393. The molecule has 1 saturated carbocycles. The molecule has 0 amide bonds. The second-order valence-corrected chi connectivity index (χ2v) is 9.91. The fourth-order valence-electron chi connectivity index (χ4n) is 4.74. The molecule has 0 atom stereocenters. The molecule has 2 nitrogen and oxygen atoms in total. The number of pyridine rings is 1. The first-order chi connectivity index (χ1) is 14.3. The van der Waals surface area contributed by atoms with E-state index >= 15 is 0 Å². The SMILES string of the molecule is C=Cc1[nH]c(-c2cc(-c3ccnc(C(C)(C)C)c3)ccc2C)cc1C1(CC)CCC1. The second kappa shape index (κ2) is 7.58. The Kier molecular flexibility index (Phi) is 5.22. The predicted octanol–water partition coefficient (Wildman–Crippen LogP) is 7.82. The zero-order valence-corrected chi connectivity index (χ0v) is 19.1. The lowest BCUT2D eigenvalue weighted by Crippen LogP contribution is -2.33. The Labute approximate surface area is 181 Å². The molecular formula is C28H34N2. The van der Waals surface area contributed by atoms with E-state index in [4.69, 9.17) is 0 Å². The molecule has 30 heavy (non-hydrogen) atoms. The number of nitrogens with zero attached hydrogens (tertiary/aromatic N) is 1. The molecule has 3 aromatic rings. The molecule has 0 radical (unpaired) electrons. The highest BCUT2D eigenvalue weighted by Gasteiger charge is 2.39. The van der Waals surface area contributed by atoms with Crippen molar-refractivity contribution in [1.82, 2.24) is 9.97 Å². The molecular weight excluding hydrogens is 364 g/mol. The topological polar surface area (TPSA) is 28.7 Å². The predicted molar refractivity (Wildman–Crippen MR) is 129 cm³/mol. The maximum Gasteiger partial charge on any atom is 0.0464 e. The van der Waals surface area contributed by atoms with Gasteiger partial charge in [-0.3, -0.25) is 4.98 Å². The Balaban J connectivity index is 1.79. The van der Waals surface area contributed by atoms with Crippen molar-refractivity contribution in [2.75, 3.05) is 0 Å². The Morgan fingerprint density at radius 3 is 2.43 bits per heavy atom. The Morgan fingerprint density at radius 1 is 1.10 bits per heavy atom. The van der Waals surface area contributed by atoms with E-state index < -0.39 is 0 Å². The minimum Gasteiger partial charge on any atom is -0.355 e. The molecule has 1 aliphatic rings. The number of hydrogen-bond donors (Lipinski definition) is 1. The van der Waals surface area contributed by atoms with Crippen molar-refractivity contribution in [1.29, 1.82) is 0 Å². The summed E-state index contributed by atoms with van der Waals surface area (Å²) in [6, 6.07) is 13.5. The van der Waals surface area contributed by atoms with Crippen molar-refractivity contribution >= 4 is 6.08 Å². The van der Waals surface area contributed by atoms with E-state index in [1.807, 2.05) is 12.3 Å². The molecule has 4 rings (SSSR count). The summed E-state index contributed by atoms with van der Waals surface area (Å²) in [7, 11) is 0. The third-order valence-corrected chi connectivity index (χ3v) is 7.00. The Bertz CT molecular complexity index is 1070. The number of H-pyrrole nitrogens is 1. The van der Waals surface area contributed by atoms with Crippen LogP contribution in [0.4, 0.5) is 0 Å².